The van der Waals surface area contributed by atoms with E-state index in [4.69, 9.17) is 9.47 Å². The van der Waals surface area contributed by atoms with E-state index in [0.29, 0.717) is 6.42 Å². The third kappa shape index (κ3) is 29.4. The number of aliphatic hydroxyl groups excluding tert-OH is 5. The summed E-state index contributed by atoms with van der Waals surface area (Å²) in [5.41, 5.74) is 0. The SMILES string of the molecule is CCCCC/C=C\C=C/CCCCCCCCC(=O)NC(COC1OC(CO)C(O)C(O)C1O)C(O)/C=C/CC/C=C/CCCCCCCCCCCCCCCC. The Labute approximate surface area is 354 Å². The van der Waals surface area contributed by atoms with Gasteiger partial charge in [-0.2, -0.15) is 0 Å². The minimum absolute atomic E-state index is 0.200. The van der Waals surface area contributed by atoms with E-state index in [1.807, 2.05) is 6.08 Å². The average molecular weight is 820 g/mol. The number of ether oxygens (including phenoxy) is 2. The Morgan fingerprint density at radius 1 is 0.586 bits per heavy atom. The first-order valence-corrected chi connectivity index (χ1v) is 23.9. The Hall–Kier alpha value is -1.85. The number of hydrogen-bond acceptors (Lipinski definition) is 8. The molecule has 9 nitrogen and oxygen atoms in total. The zero-order chi connectivity index (χ0) is 42.3. The van der Waals surface area contributed by atoms with Crippen LogP contribution in [0.1, 0.15) is 200 Å². The van der Waals surface area contributed by atoms with Crippen LogP contribution in [0.5, 0.6) is 0 Å². The highest BCUT2D eigenvalue weighted by molar-refractivity contribution is 5.76. The minimum Gasteiger partial charge on any atom is -0.394 e. The summed E-state index contributed by atoms with van der Waals surface area (Å²) < 4.78 is 11.2. The van der Waals surface area contributed by atoms with Crippen molar-refractivity contribution in [1.82, 2.24) is 5.32 Å². The number of allylic oxidation sites excluding steroid dienone is 7. The molecular weight excluding hydrogens is 731 g/mol. The predicted octanol–water partition coefficient (Wildman–Crippen LogP) is 10.2. The summed E-state index contributed by atoms with van der Waals surface area (Å²) in [5.74, 6) is -0.200. The third-order valence-corrected chi connectivity index (χ3v) is 11.2. The molecule has 1 amide bonds. The van der Waals surface area contributed by atoms with Crippen molar-refractivity contribution in [1.29, 1.82) is 0 Å². The lowest BCUT2D eigenvalue weighted by molar-refractivity contribution is -0.302. The van der Waals surface area contributed by atoms with Crippen LogP contribution in [0.25, 0.3) is 0 Å². The third-order valence-electron chi connectivity index (χ3n) is 11.2. The van der Waals surface area contributed by atoms with Gasteiger partial charge in [0.15, 0.2) is 6.29 Å². The molecule has 0 spiro atoms. The molecule has 1 rings (SSSR count). The molecule has 0 bridgehead atoms. The highest BCUT2D eigenvalue weighted by atomic mass is 16.7. The number of hydrogen-bond donors (Lipinski definition) is 6. The van der Waals surface area contributed by atoms with Gasteiger partial charge in [0.2, 0.25) is 5.91 Å². The standard InChI is InChI=1S/C49H89NO8/c1-3-5-7-9-11-13-15-17-19-20-21-22-23-25-26-28-30-32-34-36-38-43(52)42(41-57-49-48(56)47(55)46(54)44(40-51)58-49)50-45(53)39-37-35-33-31-29-27-24-18-16-14-12-10-8-6-4-2/h12,14,16,18,28,30,36,38,42-44,46-49,51-52,54-56H,3-11,13,15,17,19-27,29,31-35,37,39-41H2,1-2H3,(H,50,53)/b14-12-,18-16-,30-28+,38-36+. The van der Waals surface area contributed by atoms with E-state index in [9.17, 15) is 30.3 Å². The quantitative estimate of drug-likeness (QED) is 0.0204. The number of nitrogens with one attached hydrogen (secondary N) is 1. The van der Waals surface area contributed by atoms with Crippen molar-refractivity contribution >= 4 is 5.91 Å². The summed E-state index contributed by atoms with van der Waals surface area (Å²) in [5, 5.41) is 54.2. The van der Waals surface area contributed by atoms with E-state index in [2.05, 4.69) is 55.6 Å². The van der Waals surface area contributed by atoms with Crippen molar-refractivity contribution in [2.24, 2.45) is 0 Å². The first-order valence-electron chi connectivity index (χ1n) is 23.9. The van der Waals surface area contributed by atoms with Crippen LogP contribution in [-0.2, 0) is 14.3 Å². The zero-order valence-electron chi connectivity index (χ0n) is 37.0. The number of unbranched alkanes of at least 4 members (excludes halogenated alkanes) is 24. The van der Waals surface area contributed by atoms with Crippen LogP contribution in [0.15, 0.2) is 48.6 Å². The Bertz CT molecular complexity index is 1050. The number of carbonyl (C=O) groups excluding carboxylic acids is 1. The fourth-order valence-electron chi connectivity index (χ4n) is 7.28. The van der Waals surface area contributed by atoms with Crippen molar-refractivity contribution in [2.45, 2.75) is 243 Å². The first-order chi connectivity index (χ1) is 28.3. The normalized spacial score (nSPS) is 21.3. The van der Waals surface area contributed by atoms with Gasteiger partial charge in [-0.05, 0) is 57.8 Å². The van der Waals surface area contributed by atoms with Gasteiger partial charge in [-0.1, -0.05) is 184 Å². The lowest BCUT2D eigenvalue weighted by atomic mass is 9.99. The summed E-state index contributed by atoms with van der Waals surface area (Å²) in [7, 11) is 0. The Kier molecular flexibility index (Phi) is 36.7. The maximum Gasteiger partial charge on any atom is 0.220 e. The van der Waals surface area contributed by atoms with Gasteiger partial charge in [-0.3, -0.25) is 4.79 Å². The molecule has 1 aliphatic heterocycles. The van der Waals surface area contributed by atoms with Crippen LogP contribution in [-0.4, -0.2) is 87.5 Å². The maximum absolute atomic E-state index is 12.9. The van der Waals surface area contributed by atoms with Gasteiger partial charge in [-0.15, -0.1) is 0 Å². The molecule has 9 heteroatoms. The molecule has 0 aromatic rings. The van der Waals surface area contributed by atoms with Crippen LogP contribution in [0, 0.1) is 0 Å². The average Bonchev–Trinajstić information content (AvgIpc) is 3.22. The van der Waals surface area contributed by atoms with E-state index in [1.54, 1.807) is 6.08 Å². The number of aliphatic hydroxyl groups is 5. The van der Waals surface area contributed by atoms with E-state index in [1.165, 1.54) is 116 Å². The van der Waals surface area contributed by atoms with Gasteiger partial charge in [0, 0.05) is 6.42 Å². The predicted molar refractivity (Wildman–Crippen MR) is 239 cm³/mol. The number of rotatable bonds is 39. The van der Waals surface area contributed by atoms with Crippen LogP contribution in [0.2, 0.25) is 0 Å². The molecule has 0 aliphatic carbocycles. The summed E-state index contributed by atoms with van der Waals surface area (Å²) in [6.45, 7) is 3.72. The van der Waals surface area contributed by atoms with E-state index >= 15 is 0 Å². The second-order valence-electron chi connectivity index (χ2n) is 16.6. The minimum atomic E-state index is -1.57. The van der Waals surface area contributed by atoms with Crippen molar-refractivity contribution in [3.63, 3.8) is 0 Å². The first kappa shape index (κ1) is 54.2. The molecule has 58 heavy (non-hydrogen) atoms. The fraction of sp³-hybridized carbons (Fsp3) is 0.816. The summed E-state index contributed by atoms with van der Waals surface area (Å²) in [6, 6.07) is -0.828. The summed E-state index contributed by atoms with van der Waals surface area (Å²) in [6.07, 6.45) is 43.0. The molecular formula is C49H89NO8. The van der Waals surface area contributed by atoms with Crippen LogP contribution in [0.4, 0.5) is 0 Å². The second-order valence-corrected chi connectivity index (χ2v) is 16.6. The molecule has 338 valence electrons. The Balaban J connectivity index is 2.37. The molecule has 0 aromatic heterocycles. The topological polar surface area (TPSA) is 149 Å². The van der Waals surface area contributed by atoms with Crippen molar-refractivity contribution < 1.29 is 39.8 Å². The summed E-state index contributed by atoms with van der Waals surface area (Å²) in [4.78, 5) is 12.9. The molecule has 1 heterocycles. The Morgan fingerprint density at radius 2 is 1.03 bits per heavy atom. The second kappa shape index (κ2) is 39.3. The van der Waals surface area contributed by atoms with Crippen LogP contribution >= 0.6 is 0 Å². The lowest BCUT2D eigenvalue weighted by Crippen LogP contribution is -2.60. The Morgan fingerprint density at radius 3 is 1.59 bits per heavy atom. The van der Waals surface area contributed by atoms with Crippen LogP contribution < -0.4 is 5.32 Å². The van der Waals surface area contributed by atoms with E-state index in [0.717, 1.165) is 64.2 Å². The van der Waals surface area contributed by atoms with Gasteiger partial charge >= 0.3 is 0 Å². The lowest BCUT2D eigenvalue weighted by Gasteiger charge is -2.40. The molecule has 1 fully saturated rings. The molecule has 6 N–H and O–H groups in total. The molecule has 0 aromatic carbocycles. The fourth-order valence-corrected chi connectivity index (χ4v) is 7.28. The molecule has 7 unspecified atom stereocenters. The molecule has 1 aliphatic rings. The van der Waals surface area contributed by atoms with Gasteiger partial charge in [0.25, 0.3) is 0 Å². The van der Waals surface area contributed by atoms with Crippen molar-refractivity contribution in [3.8, 4) is 0 Å². The van der Waals surface area contributed by atoms with Gasteiger partial charge < -0.3 is 40.3 Å². The number of amides is 1. The monoisotopic (exact) mass is 820 g/mol. The highest BCUT2D eigenvalue weighted by Gasteiger charge is 2.44. The smallest absolute Gasteiger partial charge is 0.220 e. The molecule has 7 atom stereocenters. The molecule has 1 saturated heterocycles. The largest absolute Gasteiger partial charge is 0.394 e. The molecule has 0 radical (unpaired) electrons. The highest BCUT2D eigenvalue weighted by Crippen LogP contribution is 2.22. The molecule has 0 saturated carbocycles. The zero-order valence-corrected chi connectivity index (χ0v) is 37.0. The number of carbonyl (C=O) groups is 1. The maximum atomic E-state index is 12.9. The summed E-state index contributed by atoms with van der Waals surface area (Å²) >= 11 is 0. The van der Waals surface area contributed by atoms with Crippen LogP contribution in [0.3, 0.4) is 0 Å². The van der Waals surface area contributed by atoms with E-state index in [-0.39, 0.29) is 12.5 Å². The van der Waals surface area contributed by atoms with Crippen molar-refractivity contribution in [3.05, 3.63) is 48.6 Å². The van der Waals surface area contributed by atoms with Gasteiger partial charge in [-0.25, -0.2) is 0 Å². The van der Waals surface area contributed by atoms with Crippen molar-refractivity contribution in [2.75, 3.05) is 13.2 Å². The van der Waals surface area contributed by atoms with Gasteiger partial charge in [0.1, 0.15) is 24.4 Å². The van der Waals surface area contributed by atoms with Gasteiger partial charge in [0.05, 0.1) is 25.4 Å². The van der Waals surface area contributed by atoms with E-state index < -0.39 is 49.5 Å².